The predicted octanol–water partition coefficient (Wildman–Crippen LogP) is 3.30. The summed E-state index contributed by atoms with van der Waals surface area (Å²) in [6.07, 6.45) is 6.18. The van der Waals surface area contributed by atoms with Crippen LogP contribution in [0.5, 0.6) is 5.75 Å². The molecule has 5 nitrogen and oxygen atoms in total. The Hall–Kier alpha value is -2.30. The first kappa shape index (κ1) is 15.6. The van der Waals surface area contributed by atoms with E-state index in [9.17, 15) is 4.79 Å². The van der Waals surface area contributed by atoms with Gasteiger partial charge < -0.3 is 14.1 Å². The van der Waals surface area contributed by atoms with Crippen LogP contribution in [0.2, 0.25) is 0 Å². The van der Waals surface area contributed by atoms with Crippen molar-refractivity contribution in [3.63, 3.8) is 0 Å². The van der Waals surface area contributed by atoms with Crippen LogP contribution in [-0.2, 0) is 11.2 Å². The molecule has 1 aliphatic rings. The Bertz CT molecular complexity index is 643. The lowest BCUT2D eigenvalue weighted by atomic mass is 10.1. The van der Waals surface area contributed by atoms with Crippen molar-refractivity contribution in [2.45, 2.75) is 32.1 Å². The molecule has 1 aromatic carbocycles. The lowest BCUT2D eigenvalue weighted by Gasteiger charge is -2.26. The SMILES string of the molecule is COc1ccc(-c2cnc(CCC(=O)N3CCCCC3)o2)cc1. The maximum atomic E-state index is 12.2. The topological polar surface area (TPSA) is 55.6 Å². The summed E-state index contributed by atoms with van der Waals surface area (Å²) < 4.78 is 10.9. The minimum Gasteiger partial charge on any atom is -0.497 e. The van der Waals surface area contributed by atoms with E-state index in [4.69, 9.17) is 9.15 Å². The van der Waals surface area contributed by atoms with Crippen molar-refractivity contribution in [2.24, 2.45) is 0 Å². The summed E-state index contributed by atoms with van der Waals surface area (Å²) in [4.78, 5) is 18.4. The molecule has 0 bridgehead atoms. The summed E-state index contributed by atoms with van der Waals surface area (Å²) in [6.45, 7) is 1.78. The number of carbonyl (C=O) groups excluding carboxylic acids is 1. The Morgan fingerprint density at radius 1 is 1.22 bits per heavy atom. The van der Waals surface area contributed by atoms with E-state index < -0.39 is 0 Å². The van der Waals surface area contributed by atoms with Crippen LogP contribution < -0.4 is 4.74 Å². The van der Waals surface area contributed by atoms with Gasteiger partial charge in [0.05, 0.1) is 13.3 Å². The Morgan fingerprint density at radius 3 is 2.65 bits per heavy atom. The maximum absolute atomic E-state index is 12.2. The van der Waals surface area contributed by atoms with E-state index in [1.807, 2.05) is 29.2 Å². The zero-order chi connectivity index (χ0) is 16.1. The lowest BCUT2D eigenvalue weighted by Crippen LogP contribution is -2.35. The van der Waals surface area contributed by atoms with Gasteiger partial charge in [-0.05, 0) is 43.5 Å². The number of rotatable bonds is 5. The predicted molar refractivity (Wildman–Crippen MR) is 87.2 cm³/mol. The molecule has 0 atom stereocenters. The molecular weight excluding hydrogens is 292 g/mol. The largest absolute Gasteiger partial charge is 0.497 e. The zero-order valence-electron chi connectivity index (χ0n) is 13.5. The summed E-state index contributed by atoms with van der Waals surface area (Å²) in [5.74, 6) is 2.34. The third kappa shape index (κ3) is 3.92. The monoisotopic (exact) mass is 314 g/mol. The van der Waals surface area contributed by atoms with Crippen LogP contribution in [0.1, 0.15) is 31.6 Å². The highest BCUT2D eigenvalue weighted by molar-refractivity contribution is 5.76. The third-order valence-electron chi connectivity index (χ3n) is 4.19. The molecule has 1 amide bonds. The van der Waals surface area contributed by atoms with Crippen LogP contribution in [0.15, 0.2) is 34.9 Å². The first-order valence-electron chi connectivity index (χ1n) is 8.13. The van der Waals surface area contributed by atoms with Crippen molar-refractivity contribution in [3.8, 4) is 17.1 Å². The van der Waals surface area contributed by atoms with Gasteiger partial charge in [-0.15, -0.1) is 0 Å². The van der Waals surface area contributed by atoms with Gasteiger partial charge in [0.1, 0.15) is 5.75 Å². The molecule has 0 N–H and O–H groups in total. The standard InChI is InChI=1S/C18H22N2O3/c1-22-15-7-5-14(6-8-15)16-13-19-17(23-16)9-10-18(21)20-11-3-2-4-12-20/h5-8,13H,2-4,9-12H2,1H3. The third-order valence-corrected chi connectivity index (χ3v) is 4.19. The lowest BCUT2D eigenvalue weighted by molar-refractivity contribution is -0.132. The van der Waals surface area contributed by atoms with Crippen molar-refractivity contribution in [1.29, 1.82) is 0 Å². The number of oxazole rings is 1. The van der Waals surface area contributed by atoms with Crippen LogP contribution in [-0.4, -0.2) is 36.0 Å². The van der Waals surface area contributed by atoms with Crippen molar-refractivity contribution >= 4 is 5.91 Å². The van der Waals surface area contributed by atoms with Gasteiger partial charge in [0.25, 0.3) is 0 Å². The van der Waals surface area contributed by atoms with E-state index in [1.165, 1.54) is 6.42 Å². The number of ether oxygens (including phenoxy) is 1. The van der Waals surface area contributed by atoms with E-state index >= 15 is 0 Å². The second kappa shape index (κ2) is 7.31. The Kier molecular flexibility index (Phi) is 4.95. The smallest absolute Gasteiger partial charge is 0.223 e. The molecule has 0 aliphatic carbocycles. The Labute approximate surface area is 136 Å². The highest BCUT2D eigenvalue weighted by atomic mass is 16.5. The van der Waals surface area contributed by atoms with E-state index in [1.54, 1.807) is 13.3 Å². The molecule has 1 saturated heterocycles. The average molecular weight is 314 g/mol. The molecule has 0 unspecified atom stereocenters. The molecule has 3 rings (SSSR count). The molecule has 0 spiro atoms. The highest BCUT2D eigenvalue weighted by Gasteiger charge is 2.17. The summed E-state index contributed by atoms with van der Waals surface area (Å²) in [5, 5.41) is 0. The number of benzene rings is 1. The fourth-order valence-corrected chi connectivity index (χ4v) is 2.83. The molecule has 1 aromatic heterocycles. The fourth-order valence-electron chi connectivity index (χ4n) is 2.83. The van der Waals surface area contributed by atoms with Gasteiger partial charge in [0.15, 0.2) is 11.7 Å². The maximum Gasteiger partial charge on any atom is 0.223 e. The van der Waals surface area contributed by atoms with Crippen LogP contribution in [0.3, 0.4) is 0 Å². The summed E-state index contributed by atoms with van der Waals surface area (Å²) in [7, 11) is 1.64. The number of likely N-dealkylation sites (tertiary alicyclic amines) is 1. The number of piperidine rings is 1. The second-order valence-corrected chi connectivity index (χ2v) is 5.79. The number of amides is 1. The highest BCUT2D eigenvalue weighted by Crippen LogP contribution is 2.23. The van der Waals surface area contributed by atoms with Crippen molar-refractivity contribution in [3.05, 3.63) is 36.4 Å². The average Bonchev–Trinajstić information content (AvgIpc) is 3.09. The number of aromatic nitrogens is 1. The summed E-state index contributed by atoms with van der Waals surface area (Å²) in [6, 6.07) is 7.64. The zero-order valence-corrected chi connectivity index (χ0v) is 13.5. The first-order valence-corrected chi connectivity index (χ1v) is 8.13. The number of nitrogens with zero attached hydrogens (tertiary/aromatic N) is 2. The second-order valence-electron chi connectivity index (χ2n) is 5.79. The van der Waals surface area contributed by atoms with Gasteiger partial charge in [-0.3, -0.25) is 4.79 Å². The molecule has 2 heterocycles. The quantitative estimate of drug-likeness (QED) is 0.850. The number of hydrogen-bond donors (Lipinski definition) is 0. The number of methoxy groups -OCH3 is 1. The van der Waals surface area contributed by atoms with E-state index in [-0.39, 0.29) is 5.91 Å². The molecule has 0 radical (unpaired) electrons. The van der Waals surface area contributed by atoms with Crippen molar-refractivity contribution < 1.29 is 13.9 Å². The first-order chi connectivity index (χ1) is 11.3. The van der Waals surface area contributed by atoms with Crippen LogP contribution >= 0.6 is 0 Å². The number of carbonyl (C=O) groups is 1. The van der Waals surface area contributed by atoms with Gasteiger partial charge in [-0.2, -0.15) is 0 Å². The normalized spacial score (nSPS) is 14.7. The molecule has 23 heavy (non-hydrogen) atoms. The van der Waals surface area contributed by atoms with E-state index in [0.717, 1.165) is 37.2 Å². The van der Waals surface area contributed by atoms with Crippen molar-refractivity contribution in [1.82, 2.24) is 9.88 Å². The fraction of sp³-hybridized carbons (Fsp3) is 0.444. The molecule has 1 fully saturated rings. The molecule has 0 saturated carbocycles. The molecule has 5 heteroatoms. The molecule has 122 valence electrons. The van der Waals surface area contributed by atoms with E-state index in [0.29, 0.717) is 24.5 Å². The minimum atomic E-state index is 0.203. The minimum absolute atomic E-state index is 0.203. The molecule has 1 aliphatic heterocycles. The molecular formula is C18H22N2O3. The number of aryl methyl sites for hydroxylation is 1. The van der Waals surface area contributed by atoms with Crippen LogP contribution in [0.25, 0.3) is 11.3 Å². The van der Waals surface area contributed by atoms with E-state index in [2.05, 4.69) is 4.98 Å². The van der Waals surface area contributed by atoms with Gasteiger partial charge in [0.2, 0.25) is 5.91 Å². The van der Waals surface area contributed by atoms with Gasteiger partial charge >= 0.3 is 0 Å². The van der Waals surface area contributed by atoms with Crippen molar-refractivity contribution in [2.75, 3.05) is 20.2 Å². The summed E-state index contributed by atoms with van der Waals surface area (Å²) in [5.41, 5.74) is 0.951. The van der Waals surface area contributed by atoms with Gasteiger partial charge in [-0.1, -0.05) is 0 Å². The number of hydrogen-bond acceptors (Lipinski definition) is 4. The van der Waals surface area contributed by atoms with Gasteiger partial charge in [-0.25, -0.2) is 4.98 Å². The summed E-state index contributed by atoms with van der Waals surface area (Å²) >= 11 is 0. The Balaban J connectivity index is 1.57. The van der Waals surface area contributed by atoms with Gasteiger partial charge in [0, 0.05) is 31.5 Å². The molecule has 2 aromatic rings. The van der Waals surface area contributed by atoms with Crippen LogP contribution in [0.4, 0.5) is 0 Å². The van der Waals surface area contributed by atoms with Crippen LogP contribution in [0, 0.1) is 0 Å². The Morgan fingerprint density at radius 2 is 1.96 bits per heavy atom.